The maximum Gasteiger partial charge on any atom is 0.516 e. The van der Waals surface area contributed by atoms with E-state index in [1.807, 2.05) is 0 Å². The summed E-state index contributed by atoms with van der Waals surface area (Å²) in [5.74, 6) is 0.368. The largest absolute Gasteiger partial charge is 0.516 e. The number of carbonyl (C=O) groups excluding carboxylic acids is 1. The highest BCUT2D eigenvalue weighted by molar-refractivity contribution is 7.93. The average Bonchev–Trinajstić information content (AvgIpc) is 3.21. The number of piperidine rings is 3. The standard InChI is InChI=1S/C20H22F3N3O3S2/c1-12-18(14-8-10-26(12)11-9-14)24-19(27)17-7-6-16(30-17)13-2-4-15(5-3-13)25-31(28,29)20(21,22)23/h2-7,12,14,18,25H,8-11H2,1H3,(H,24,27). The number of sulfonamides is 1. The van der Waals surface area contributed by atoms with Crippen LogP contribution in [0.2, 0.25) is 0 Å². The van der Waals surface area contributed by atoms with Crippen LogP contribution in [0.15, 0.2) is 36.4 Å². The highest BCUT2D eigenvalue weighted by Gasteiger charge is 2.46. The number of nitrogens with one attached hydrogen (secondary N) is 2. The summed E-state index contributed by atoms with van der Waals surface area (Å²) in [6.45, 7) is 4.30. The summed E-state index contributed by atoms with van der Waals surface area (Å²) in [5, 5.41) is 3.18. The molecule has 0 saturated carbocycles. The highest BCUT2D eigenvalue weighted by Crippen LogP contribution is 2.34. The summed E-state index contributed by atoms with van der Waals surface area (Å²) in [6.07, 6.45) is 2.19. The fraction of sp³-hybridized carbons (Fsp3) is 0.450. The van der Waals surface area contributed by atoms with Crippen LogP contribution in [0.3, 0.4) is 0 Å². The number of rotatable bonds is 5. The van der Waals surface area contributed by atoms with Gasteiger partial charge in [0.15, 0.2) is 0 Å². The van der Waals surface area contributed by atoms with Gasteiger partial charge in [0.05, 0.1) is 4.88 Å². The minimum atomic E-state index is -5.46. The Kier molecular flexibility index (Phi) is 5.78. The van der Waals surface area contributed by atoms with E-state index < -0.39 is 15.5 Å². The topological polar surface area (TPSA) is 78.5 Å². The number of benzene rings is 1. The molecule has 3 saturated heterocycles. The zero-order valence-corrected chi connectivity index (χ0v) is 18.3. The van der Waals surface area contributed by atoms with E-state index in [2.05, 4.69) is 17.1 Å². The van der Waals surface area contributed by atoms with Crippen LogP contribution >= 0.6 is 11.3 Å². The number of hydrogen-bond acceptors (Lipinski definition) is 5. The van der Waals surface area contributed by atoms with E-state index in [1.165, 1.54) is 40.3 Å². The van der Waals surface area contributed by atoms with Crippen molar-refractivity contribution in [1.82, 2.24) is 10.2 Å². The molecule has 6 nitrogen and oxygen atoms in total. The van der Waals surface area contributed by atoms with Crippen molar-refractivity contribution in [2.45, 2.75) is 37.4 Å². The molecule has 3 aliphatic rings. The third-order valence-corrected chi connectivity index (χ3v) is 8.28. The van der Waals surface area contributed by atoms with Crippen molar-refractivity contribution in [3.63, 3.8) is 0 Å². The first-order chi connectivity index (χ1) is 14.5. The van der Waals surface area contributed by atoms with Gasteiger partial charge in [-0.25, -0.2) is 0 Å². The fourth-order valence-electron chi connectivity index (χ4n) is 4.30. The van der Waals surface area contributed by atoms with E-state index in [1.54, 1.807) is 12.1 Å². The molecule has 2 aromatic rings. The number of carbonyl (C=O) groups is 1. The Bertz CT molecular complexity index is 1060. The van der Waals surface area contributed by atoms with Crippen molar-refractivity contribution in [2.75, 3.05) is 17.8 Å². The third-order valence-electron chi connectivity index (χ3n) is 6.03. The normalized spacial score (nSPS) is 25.9. The first-order valence-electron chi connectivity index (χ1n) is 9.89. The lowest BCUT2D eigenvalue weighted by atomic mass is 9.79. The predicted molar refractivity (Wildman–Crippen MR) is 113 cm³/mol. The lowest BCUT2D eigenvalue weighted by molar-refractivity contribution is -0.0429. The van der Waals surface area contributed by atoms with Crippen LogP contribution in [0, 0.1) is 5.92 Å². The van der Waals surface area contributed by atoms with E-state index in [-0.39, 0.29) is 17.6 Å². The number of thiophene rings is 1. The molecule has 11 heteroatoms. The zero-order chi connectivity index (χ0) is 22.4. The summed E-state index contributed by atoms with van der Waals surface area (Å²) < 4.78 is 61.4. The van der Waals surface area contributed by atoms with Gasteiger partial charge >= 0.3 is 15.5 Å². The highest BCUT2D eigenvalue weighted by atomic mass is 32.2. The number of anilines is 1. The van der Waals surface area contributed by atoms with Gasteiger partial charge in [0.2, 0.25) is 0 Å². The van der Waals surface area contributed by atoms with Crippen molar-refractivity contribution in [3.05, 3.63) is 41.3 Å². The summed E-state index contributed by atoms with van der Waals surface area (Å²) in [4.78, 5) is 16.5. The Morgan fingerprint density at radius 2 is 1.74 bits per heavy atom. The van der Waals surface area contributed by atoms with Crippen molar-refractivity contribution in [1.29, 1.82) is 0 Å². The zero-order valence-electron chi connectivity index (χ0n) is 16.6. The monoisotopic (exact) mass is 473 g/mol. The van der Waals surface area contributed by atoms with Gasteiger partial charge in [0.25, 0.3) is 5.91 Å². The van der Waals surface area contributed by atoms with Crippen LogP contribution in [-0.2, 0) is 10.0 Å². The summed E-state index contributed by atoms with van der Waals surface area (Å²) in [7, 11) is -5.46. The summed E-state index contributed by atoms with van der Waals surface area (Å²) in [6, 6.07) is 9.47. The lowest BCUT2D eigenvalue weighted by Crippen LogP contribution is -2.62. The molecule has 1 aromatic carbocycles. The molecule has 168 valence electrons. The Labute approximate surface area is 182 Å². The molecule has 0 spiro atoms. The van der Waals surface area contributed by atoms with E-state index in [4.69, 9.17) is 0 Å². The van der Waals surface area contributed by atoms with E-state index in [0.717, 1.165) is 30.8 Å². The molecule has 5 rings (SSSR count). The van der Waals surface area contributed by atoms with Crippen molar-refractivity contribution >= 4 is 33.0 Å². The third kappa shape index (κ3) is 4.44. The number of amides is 1. The number of fused-ring (bicyclic) bond motifs is 3. The van der Waals surface area contributed by atoms with Crippen LogP contribution in [-0.4, -0.2) is 49.9 Å². The molecule has 2 unspecified atom stereocenters. The van der Waals surface area contributed by atoms with Gasteiger partial charge in [-0.2, -0.15) is 21.6 Å². The Morgan fingerprint density at radius 3 is 2.32 bits per heavy atom. The molecule has 31 heavy (non-hydrogen) atoms. The van der Waals surface area contributed by atoms with E-state index in [9.17, 15) is 26.4 Å². The second-order valence-electron chi connectivity index (χ2n) is 7.91. The summed E-state index contributed by atoms with van der Waals surface area (Å²) >= 11 is 1.28. The number of alkyl halides is 3. The number of halogens is 3. The fourth-order valence-corrected chi connectivity index (χ4v) is 5.78. The van der Waals surface area contributed by atoms with Crippen LogP contribution in [0.4, 0.5) is 18.9 Å². The van der Waals surface area contributed by atoms with Crippen LogP contribution in [0.25, 0.3) is 10.4 Å². The van der Waals surface area contributed by atoms with Gasteiger partial charge in [0.1, 0.15) is 0 Å². The van der Waals surface area contributed by atoms with Gasteiger partial charge in [-0.05, 0) is 68.6 Å². The van der Waals surface area contributed by atoms with Gasteiger partial charge in [0, 0.05) is 22.6 Å². The average molecular weight is 474 g/mol. The Hall–Kier alpha value is -2.11. The predicted octanol–water partition coefficient (Wildman–Crippen LogP) is 3.89. The molecule has 3 aliphatic heterocycles. The van der Waals surface area contributed by atoms with Crippen molar-refractivity contribution in [3.8, 4) is 10.4 Å². The molecule has 2 bridgehead atoms. The molecule has 1 amide bonds. The molecule has 1 aromatic heterocycles. The molecule has 2 atom stereocenters. The minimum Gasteiger partial charge on any atom is -0.347 e. The van der Waals surface area contributed by atoms with Gasteiger partial charge < -0.3 is 5.32 Å². The number of nitrogens with zero attached hydrogens (tertiary/aromatic N) is 1. The molecule has 0 radical (unpaired) electrons. The van der Waals surface area contributed by atoms with Gasteiger partial charge in [-0.1, -0.05) is 12.1 Å². The van der Waals surface area contributed by atoms with Crippen LogP contribution < -0.4 is 10.0 Å². The molecule has 3 fully saturated rings. The first-order valence-corrected chi connectivity index (χ1v) is 12.2. The van der Waals surface area contributed by atoms with E-state index >= 15 is 0 Å². The SMILES string of the molecule is CC1C(NC(=O)c2ccc(-c3ccc(NS(=O)(=O)C(F)(F)F)cc3)s2)C2CCN1CC2. The van der Waals surface area contributed by atoms with Crippen molar-refractivity contribution < 1.29 is 26.4 Å². The Morgan fingerprint density at radius 1 is 1.10 bits per heavy atom. The second-order valence-corrected chi connectivity index (χ2v) is 10.7. The first kappa shape index (κ1) is 22.1. The smallest absolute Gasteiger partial charge is 0.347 e. The quantitative estimate of drug-likeness (QED) is 0.691. The van der Waals surface area contributed by atoms with Crippen LogP contribution in [0.5, 0.6) is 0 Å². The molecular formula is C20H22F3N3O3S2. The van der Waals surface area contributed by atoms with Crippen molar-refractivity contribution in [2.24, 2.45) is 5.92 Å². The Balaban J connectivity index is 1.43. The minimum absolute atomic E-state index is 0.126. The molecule has 4 heterocycles. The van der Waals surface area contributed by atoms with Gasteiger partial charge in [-0.3, -0.25) is 14.4 Å². The maximum absolute atomic E-state index is 12.8. The van der Waals surface area contributed by atoms with E-state index in [0.29, 0.717) is 22.4 Å². The second kappa shape index (κ2) is 8.10. The number of hydrogen-bond donors (Lipinski definition) is 2. The molecular weight excluding hydrogens is 451 g/mol. The van der Waals surface area contributed by atoms with Gasteiger partial charge in [-0.15, -0.1) is 11.3 Å². The molecule has 0 aliphatic carbocycles. The maximum atomic E-state index is 12.8. The molecule has 2 N–H and O–H groups in total. The lowest BCUT2D eigenvalue weighted by Gasteiger charge is -2.49. The summed E-state index contributed by atoms with van der Waals surface area (Å²) in [5.41, 5.74) is -4.89. The van der Waals surface area contributed by atoms with Crippen LogP contribution in [0.1, 0.15) is 29.4 Å².